The summed E-state index contributed by atoms with van der Waals surface area (Å²) in [5.74, 6) is -0.0768. The number of hydrogen-bond donors (Lipinski definition) is 0. The van der Waals surface area contributed by atoms with Crippen LogP contribution in [0.1, 0.15) is 25.0 Å². The molecule has 0 radical (unpaired) electrons. The third-order valence-electron chi connectivity index (χ3n) is 5.41. The van der Waals surface area contributed by atoms with Gasteiger partial charge in [-0.2, -0.15) is 0 Å². The van der Waals surface area contributed by atoms with Crippen LogP contribution >= 0.6 is 35.3 Å². The second-order valence-corrected chi connectivity index (χ2v) is 11.2. The number of benzene rings is 2. The van der Waals surface area contributed by atoms with Crippen LogP contribution in [0.5, 0.6) is 0 Å². The molecule has 0 saturated heterocycles. The first-order valence-corrected chi connectivity index (χ1v) is 13.6. The number of nitrogens with zero attached hydrogens (tertiary/aromatic N) is 3. The van der Waals surface area contributed by atoms with Crippen LogP contribution in [-0.4, -0.2) is 56.6 Å². The maximum absolute atomic E-state index is 13.3. The van der Waals surface area contributed by atoms with Gasteiger partial charge in [-0.3, -0.25) is 9.69 Å². The van der Waals surface area contributed by atoms with Gasteiger partial charge in [0.05, 0.1) is 21.5 Å². The molecule has 0 aliphatic heterocycles. The minimum Gasteiger partial charge on any atom is -0.302 e. The predicted molar refractivity (Wildman–Crippen MR) is 140 cm³/mol. The quantitative estimate of drug-likeness (QED) is 0.390. The summed E-state index contributed by atoms with van der Waals surface area (Å²) in [6, 6.07) is 10.2. The molecule has 3 rings (SSSR count). The number of aromatic nitrogens is 1. The minimum absolute atomic E-state index is 0. The molecule has 0 spiro atoms. The third kappa shape index (κ3) is 6.90. The SMILES string of the molecule is CCN(CC)CCN(C(=O)Cc1ccc(S(C)(=O)=O)cc1)c1nc2c(C)cc(Cl)cc2s1.Cl. The fourth-order valence-corrected chi connectivity index (χ4v) is 5.59. The molecule has 0 saturated carbocycles. The molecule has 1 amide bonds. The van der Waals surface area contributed by atoms with Crippen LogP contribution in [0.15, 0.2) is 41.3 Å². The number of carbonyl (C=O) groups is 1. The molecule has 2 aromatic carbocycles. The Morgan fingerprint density at radius 1 is 1.09 bits per heavy atom. The van der Waals surface area contributed by atoms with Gasteiger partial charge in [-0.25, -0.2) is 13.4 Å². The maximum Gasteiger partial charge on any atom is 0.233 e. The Bertz CT molecular complexity index is 1210. The Hall–Kier alpha value is -1.71. The van der Waals surface area contributed by atoms with Crippen LogP contribution in [-0.2, 0) is 21.1 Å². The number of rotatable bonds is 9. The highest BCUT2D eigenvalue weighted by atomic mass is 35.5. The van der Waals surface area contributed by atoms with Crippen molar-refractivity contribution in [3.8, 4) is 0 Å². The van der Waals surface area contributed by atoms with Crippen molar-refractivity contribution in [2.45, 2.75) is 32.1 Å². The van der Waals surface area contributed by atoms with Crippen LogP contribution < -0.4 is 4.90 Å². The minimum atomic E-state index is -3.27. The van der Waals surface area contributed by atoms with Gasteiger partial charge in [0, 0.05) is 24.4 Å². The van der Waals surface area contributed by atoms with Crippen LogP contribution in [0.2, 0.25) is 5.02 Å². The van der Waals surface area contributed by atoms with Gasteiger partial charge < -0.3 is 4.90 Å². The summed E-state index contributed by atoms with van der Waals surface area (Å²) in [7, 11) is -3.27. The van der Waals surface area contributed by atoms with Crippen LogP contribution in [0.3, 0.4) is 0 Å². The van der Waals surface area contributed by atoms with Gasteiger partial charge in [0.25, 0.3) is 0 Å². The molecule has 0 bridgehead atoms. The first-order chi connectivity index (χ1) is 15.1. The van der Waals surface area contributed by atoms with Gasteiger partial charge in [-0.1, -0.05) is 48.9 Å². The smallest absolute Gasteiger partial charge is 0.233 e. The largest absolute Gasteiger partial charge is 0.302 e. The van der Waals surface area contributed by atoms with Crippen LogP contribution in [0, 0.1) is 6.92 Å². The van der Waals surface area contributed by atoms with Crippen LogP contribution in [0.4, 0.5) is 5.13 Å². The van der Waals surface area contributed by atoms with Gasteiger partial charge in [0.15, 0.2) is 15.0 Å². The summed E-state index contributed by atoms with van der Waals surface area (Å²) in [4.78, 5) is 22.3. The lowest BCUT2D eigenvalue weighted by molar-refractivity contribution is -0.118. The number of aryl methyl sites for hydroxylation is 1. The van der Waals surface area contributed by atoms with E-state index in [4.69, 9.17) is 16.6 Å². The number of anilines is 1. The zero-order chi connectivity index (χ0) is 23.5. The topological polar surface area (TPSA) is 70.6 Å². The summed E-state index contributed by atoms with van der Waals surface area (Å²) < 4.78 is 24.4. The molecule has 1 heterocycles. The Morgan fingerprint density at radius 3 is 2.30 bits per heavy atom. The van der Waals surface area contributed by atoms with Gasteiger partial charge in [0.1, 0.15) is 0 Å². The lowest BCUT2D eigenvalue weighted by Crippen LogP contribution is -2.39. The molecular formula is C23H29Cl2N3O3S2. The van der Waals surface area contributed by atoms with E-state index in [9.17, 15) is 13.2 Å². The first kappa shape index (κ1) is 27.5. The van der Waals surface area contributed by atoms with Gasteiger partial charge in [0.2, 0.25) is 5.91 Å². The molecule has 0 fully saturated rings. The number of likely N-dealkylation sites (N-methyl/N-ethyl adjacent to an activating group) is 1. The van der Waals surface area contributed by atoms with Crippen molar-refractivity contribution >= 4 is 66.4 Å². The zero-order valence-corrected chi connectivity index (χ0v) is 22.4. The number of amides is 1. The van der Waals surface area contributed by atoms with E-state index >= 15 is 0 Å². The van der Waals surface area contributed by atoms with E-state index in [1.165, 1.54) is 17.6 Å². The molecule has 10 heteroatoms. The molecule has 6 nitrogen and oxygen atoms in total. The molecule has 180 valence electrons. The normalized spacial score (nSPS) is 11.6. The molecule has 0 aliphatic carbocycles. The number of hydrogen-bond acceptors (Lipinski definition) is 6. The number of fused-ring (bicyclic) bond motifs is 1. The first-order valence-electron chi connectivity index (χ1n) is 10.5. The number of carbonyl (C=O) groups excluding carboxylic acids is 1. The molecule has 3 aromatic rings. The summed E-state index contributed by atoms with van der Waals surface area (Å²) in [6.45, 7) is 9.23. The molecule has 0 aliphatic rings. The van der Waals surface area contributed by atoms with E-state index in [-0.39, 0.29) is 29.6 Å². The van der Waals surface area contributed by atoms with Crippen molar-refractivity contribution in [3.05, 3.63) is 52.5 Å². The average molecular weight is 531 g/mol. The summed E-state index contributed by atoms with van der Waals surface area (Å²) in [6.07, 6.45) is 1.33. The van der Waals surface area contributed by atoms with Crippen molar-refractivity contribution in [1.82, 2.24) is 9.88 Å². The fraction of sp³-hybridized carbons (Fsp3) is 0.391. The highest BCUT2D eigenvalue weighted by molar-refractivity contribution is 7.90. The average Bonchev–Trinajstić information content (AvgIpc) is 3.15. The predicted octanol–water partition coefficient (Wildman–Crippen LogP) is 5.00. The van der Waals surface area contributed by atoms with Crippen LogP contribution in [0.25, 0.3) is 10.2 Å². The van der Waals surface area contributed by atoms with E-state index < -0.39 is 9.84 Å². The second-order valence-electron chi connectivity index (χ2n) is 7.73. The number of halogens is 2. The van der Waals surface area contributed by atoms with E-state index in [1.807, 2.05) is 19.1 Å². The lowest BCUT2D eigenvalue weighted by atomic mass is 10.1. The number of thiazole rings is 1. The summed E-state index contributed by atoms with van der Waals surface area (Å²) >= 11 is 7.67. The molecule has 0 atom stereocenters. The third-order valence-corrected chi connectivity index (χ3v) is 7.78. The van der Waals surface area contributed by atoms with Crippen molar-refractivity contribution < 1.29 is 13.2 Å². The van der Waals surface area contributed by atoms with Crippen molar-refractivity contribution in [2.24, 2.45) is 0 Å². The molecule has 0 unspecified atom stereocenters. The lowest BCUT2D eigenvalue weighted by Gasteiger charge is -2.24. The Kier molecular flexibility index (Phi) is 9.70. The Balaban J connectivity index is 0.00000385. The van der Waals surface area contributed by atoms with E-state index in [1.54, 1.807) is 29.2 Å². The molecule has 33 heavy (non-hydrogen) atoms. The zero-order valence-electron chi connectivity index (χ0n) is 19.2. The van der Waals surface area contributed by atoms with Crippen molar-refractivity contribution in [2.75, 3.05) is 37.3 Å². The maximum atomic E-state index is 13.3. The Labute approximate surface area is 210 Å². The van der Waals surface area contributed by atoms with E-state index in [2.05, 4.69) is 18.7 Å². The Morgan fingerprint density at radius 2 is 1.73 bits per heavy atom. The monoisotopic (exact) mass is 529 g/mol. The standard InChI is InChI=1S/C23H28ClN3O3S2.ClH/c1-5-26(6-2)11-12-27(23-25-22-16(3)13-18(24)15-20(22)31-23)21(28)14-17-7-9-19(10-8-17)32(4,29)30;/h7-10,13,15H,5-6,11-12,14H2,1-4H3;1H. The molecule has 0 N–H and O–H groups in total. The molecular weight excluding hydrogens is 501 g/mol. The van der Waals surface area contributed by atoms with Gasteiger partial charge in [-0.15, -0.1) is 12.4 Å². The second kappa shape index (κ2) is 11.6. The highest BCUT2D eigenvalue weighted by Crippen LogP contribution is 2.33. The van der Waals surface area contributed by atoms with E-state index in [0.717, 1.165) is 41.0 Å². The van der Waals surface area contributed by atoms with Crippen molar-refractivity contribution in [1.29, 1.82) is 0 Å². The summed E-state index contributed by atoms with van der Waals surface area (Å²) in [5.41, 5.74) is 2.59. The fourth-order valence-electron chi connectivity index (χ4n) is 3.49. The summed E-state index contributed by atoms with van der Waals surface area (Å²) in [5, 5.41) is 1.30. The highest BCUT2D eigenvalue weighted by Gasteiger charge is 2.22. The number of sulfone groups is 1. The van der Waals surface area contributed by atoms with Crippen molar-refractivity contribution in [3.63, 3.8) is 0 Å². The van der Waals surface area contributed by atoms with E-state index in [0.29, 0.717) is 16.7 Å². The van der Waals surface area contributed by atoms with Gasteiger partial charge in [-0.05, 0) is 55.4 Å². The molecule has 1 aromatic heterocycles. The van der Waals surface area contributed by atoms with Gasteiger partial charge >= 0.3 is 0 Å².